The molecule has 0 spiro atoms. The summed E-state index contributed by atoms with van der Waals surface area (Å²) in [5.41, 5.74) is 0. The lowest BCUT2D eigenvalue weighted by molar-refractivity contribution is -0.118. The van der Waals surface area contributed by atoms with Crippen LogP contribution in [0, 0.1) is 0 Å². The lowest BCUT2D eigenvalue weighted by Gasteiger charge is -2.32. The van der Waals surface area contributed by atoms with Gasteiger partial charge in [-0.1, -0.05) is 0 Å². The zero-order valence-electron chi connectivity index (χ0n) is 9.96. The van der Waals surface area contributed by atoms with Gasteiger partial charge in [0.05, 0.1) is 0 Å². The second kappa shape index (κ2) is 6.80. The van der Waals surface area contributed by atoms with Crippen LogP contribution in [0.25, 0.3) is 0 Å². The van der Waals surface area contributed by atoms with E-state index in [9.17, 15) is 4.79 Å². The molecule has 0 atom stereocenters. The van der Waals surface area contributed by atoms with Gasteiger partial charge < -0.3 is 15.1 Å². The Morgan fingerprint density at radius 1 is 1.20 bits per heavy atom. The van der Waals surface area contributed by atoms with Gasteiger partial charge in [0.1, 0.15) is 0 Å². The molecule has 1 aliphatic heterocycles. The minimum atomic E-state index is 0.0783. The summed E-state index contributed by atoms with van der Waals surface area (Å²) < 4.78 is 0. The zero-order chi connectivity index (χ0) is 11.1. The van der Waals surface area contributed by atoms with Gasteiger partial charge in [0, 0.05) is 39.6 Å². The largest absolute Gasteiger partial charge is 0.356 e. The van der Waals surface area contributed by atoms with Crippen molar-refractivity contribution >= 4 is 5.91 Å². The molecule has 4 nitrogen and oxygen atoms in total. The molecular formula is C11H23N3O. The van der Waals surface area contributed by atoms with E-state index in [2.05, 4.69) is 22.2 Å². The van der Waals surface area contributed by atoms with Gasteiger partial charge in [0.15, 0.2) is 0 Å². The third-order valence-corrected chi connectivity index (χ3v) is 2.87. The van der Waals surface area contributed by atoms with Gasteiger partial charge in [-0.05, 0) is 26.4 Å². The van der Waals surface area contributed by atoms with Gasteiger partial charge in [0.2, 0.25) is 5.91 Å². The lowest BCUT2D eigenvalue weighted by Crippen LogP contribution is -2.44. The van der Waals surface area contributed by atoms with Crippen molar-refractivity contribution < 1.29 is 4.79 Å². The van der Waals surface area contributed by atoms with E-state index in [1.54, 1.807) is 6.92 Å². The van der Waals surface area contributed by atoms with Crippen molar-refractivity contribution in [2.75, 3.05) is 46.3 Å². The maximum absolute atomic E-state index is 10.6. The van der Waals surface area contributed by atoms with E-state index in [1.165, 1.54) is 39.1 Å². The number of amides is 1. The standard InChI is InChI=1S/C11H23N3O/c1-11(15)12-5-3-4-6-14-9-7-13(2)8-10-14/h3-10H2,1-2H3,(H,12,15). The molecule has 0 bridgehead atoms. The second-order valence-corrected chi connectivity index (χ2v) is 4.33. The number of nitrogens with one attached hydrogen (secondary N) is 1. The fourth-order valence-electron chi connectivity index (χ4n) is 1.80. The van der Waals surface area contributed by atoms with E-state index in [4.69, 9.17) is 0 Å². The molecule has 1 aliphatic rings. The van der Waals surface area contributed by atoms with Crippen LogP contribution in [0.1, 0.15) is 19.8 Å². The Bertz CT molecular complexity index is 188. The third-order valence-electron chi connectivity index (χ3n) is 2.87. The van der Waals surface area contributed by atoms with E-state index in [0.717, 1.165) is 13.0 Å². The van der Waals surface area contributed by atoms with Crippen molar-refractivity contribution in [3.8, 4) is 0 Å². The Morgan fingerprint density at radius 2 is 1.87 bits per heavy atom. The molecule has 1 amide bonds. The van der Waals surface area contributed by atoms with Gasteiger partial charge in [-0.3, -0.25) is 4.79 Å². The normalized spacial score (nSPS) is 19.1. The predicted molar refractivity (Wildman–Crippen MR) is 61.9 cm³/mol. The Hall–Kier alpha value is -0.610. The number of rotatable bonds is 5. The molecule has 1 fully saturated rings. The average molecular weight is 213 g/mol. The first-order chi connectivity index (χ1) is 7.18. The monoisotopic (exact) mass is 213 g/mol. The molecule has 4 heteroatoms. The minimum absolute atomic E-state index is 0.0783. The maximum atomic E-state index is 10.6. The molecule has 0 saturated carbocycles. The van der Waals surface area contributed by atoms with Crippen LogP contribution in [0.3, 0.4) is 0 Å². The summed E-state index contributed by atoms with van der Waals surface area (Å²) in [7, 11) is 2.17. The molecule has 0 aromatic rings. The predicted octanol–water partition coefficient (Wildman–Crippen LogP) is 0.150. The van der Waals surface area contributed by atoms with Crippen molar-refractivity contribution in [1.29, 1.82) is 0 Å². The third kappa shape index (κ3) is 5.74. The van der Waals surface area contributed by atoms with Crippen LogP contribution in [0.15, 0.2) is 0 Å². The average Bonchev–Trinajstić information content (AvgIpc) is 2.20. The number of unbranched alkanes of at least 4 members (excludes halogenated alkanes) is 1. The van der Waals surface area contributed by atoms with Gasteiger partial charge in [-0.25, -0.2) is 0 Å². The summed E-state index contributed by atoms with van der Waals surface area (Å²) >= 11 is 0. The fourth-order valence-corrected chi connectivity index (χ4v) is 1.80. The van der Waals surface area contributed by atoms with Crippen LogP contribution in [-0.4, -0.2) is 62.0 Å². The Morgan fingerprint density at radius 3 is 2.47 bits per heavy atom. The Balaban J connectivity index is 1.94. The molecule has 0 aromatic heterocycles. The number of hydrogen-bond acceptors (Lipinski definition) is 3. The number of piperazine rings is 1. The maximum Gasteiger partial charge on any atom is 0.216 e. The minimum Gasteiger partial charge on any atom is -0.356 e. The van der Waals surface area contributed by atoms with Gasteiger partial charge in [-0.2, -0.15) is 0 Å². The highest BCUT2D eigenvalue weighted by molar-refractivity contribution is 5.72. The quantitative estimate of drug-likeness (QED) is 0.660. The smallest absolute Gasteiger partial charge is 0.216 e. The molecule has 1 N–H and O–H groups in total. The molecular weight excluding hydrogens is 190 g/mol. The molecule has 88 valence electrons. The second-order valence-electron chi connectivity index (χ2n) is 4.33. The Kier molecular flexibility index (Phi) is 5.65. The molecule has 1 heterocycles. The highest BCUT2D eigenvalue weighted by atomic mass is 16.1. The van der Waals surface area contributed by atoms with Crippen molar-refractivity contribution in [2.24, 2.45) is 0 Å². The summed E-state index contributed by atoms with van der Waals surface area (Å²) in [4.78, 5) is 15.5. The van der Waals surface area contributed by atoms with Gasteiger partial charge in [-0.15, -0.1) is 0 Å². The summed E-state index contributed by atoms with van der Waals surface area (Å²) in [6.45, 7) is 8.32. The van der Waals surface area contributed by atoms with Crippen LogP contribution in [-0.2, 0) is 4.79 Å². The molecule has 0 aromatic carbocycles. The Labute approximate surface area is 92.6 Å². The van der Waals surface area contributed by atoms with Crippen LogP contribution >= 0.6 is 0 Å². The van der Waals surface area contributed by atoms with Crippen molar-refractivity contribution in [3.05, 3.63) is 0 Å². The van der Waals surface area contributed by atoms with E-state index in [-0.39, 0.29) is 5.91 Å². The number of carbonyl (C=O) groups excluding carboxylic acids is 1. The van der Waals surface area contributed by atoms with Crippen molar-refractivity contribution in [3.63, 3.8) is 0 Å². The van der Waals surface area contributed by atoms with Crippen LogP contribution in [0.2, 0.25) is 0 Å². The number of carbonyl (C=O) groups is 1. The molecule has 0 aliphatic carbocycles. The summed E-state index contributed by atoms with van der Waals surface area (Å²) in [5, 5.41) is 2.82. The SMILES string of the molecule is CC(=O)NCCCCN1CCN(C)CC1. The van der Waals surface area contributed by atoms with Gasteiger partial charge in [0.25, 0.3) is 0 Å². The van der Waals surface area contributed by atoms with E-state index >= 15 is 0 Å². The molecule has 1 saturated heterocycles. The first-order valence-electron chi connectivity index (χ1n) is 5.84. The zero-order valence-corrected chi connectivity index (χ0v) is 9.96. The first-order valence-corrected chi connectivity index (χ1v) is 5.84. The fraction of sp³-hybridized carbons (Fsp3) is 0.909. The van der Waals surface area contributed by atoms with Crippen molar-refractivity contribution in [1.82, 2.24) is 15.1 Å². The summed E-state index contributed by atoms with van der Waals surface area (Å²) in [6.07, 6.45) is 2.27. The van der Waals surface area contributed by atoms with Crippen molar-refractivity contribution in [2.45, 2.75) is 19.8 Å². The molecule has 15 heavy (non-hydrogen) atoms. The number of nitrogens with zero attached hydrogens (tertiary/aromatic N) is 2. The lowest BCUT2D eigenvalue weighted by atomic mass is 10.2. The molecule has 0 unspecified atom stereocenters. The first kappa shape index (κ1) is 12.5. The van der Waals surface area contributed by atoms with E-state index in [1.807, 2.05) is 0 Å². The van der Waals surface area contributed by atoms with Crippen LogP contribution < -0.4 is 5.32 Å². The highest BCUT2D eigenvalue weighted by Gasteiger charge is 2.12. The van der Waals surface area contributed by atoms with E-state index < -0.39 is 0 Å². The van der Waals surface area contributed by atoms with Crippen LogP contribution in [0.4, 0.5) is 0 Å². The summed E-state index contributed by atoms with van der Waals surface area (Å²) in [6, 6.07) is 0. The van der Waals surface area contributed by atoms with E-state index in [0.29, 0.717) is 0 Å². The number of likely N-dealkylation sites (N-methyl/N-ethyl adjacent to an activating group) is 1. The molecule has 1 rings (SSSR count). The molecule has 0 radical (unpaired) electrons. The number of hydrogen-bond donors (Lipinski definition) is 1. The summed E-state index contributed by atoms with van der Waals surface area (Å²) in [5.74, 6) is 0.0783. The van der Waals surface area contributed by atoms with Gasteiger partial charge >= 0.3 is 0 Å². The van der Waals surface area contributed by atoms with Crippen LogP contribution in [0.5, 0.6) is 0 Å². The highest BCUT2D eigenvalue weighted by Crippen LogP contribution is 2.01. The topological polar surface area (TPSA) is 35.6 Å².